The van der Waals surface area contributed by atoms with Gasteiger partial charge in [0.25, 0.3) is 0 Å². The summed E-state index contributed by atoms with van der Waals surface area (Å²) in [5.74, 6) is 0.780. The Bertz CT molecular complexity index is 1110. The van der Waals surface area contributed by atoms with E-state index in [1.54, 1.807) is 12.7 Å². The predicted molar refractivity (Wildman–Crippen MR) is 125 cm³/mol. The molecule has 0 aliphatic heterocycles. The minimum Gasteiger partial charge on any atom is -0.347 e. The highest BCUT2D eigenvalue weighted by Crippen LogP contribution is 2.35. The summed E-state index contributed by atoms with van der Waals surface area (Å²) in [4.78, 5) is 0. The molecular weight excluding hydrogens is 382 g/mol. The van der Waals surface area contributed by atoms with Gasteiger partial charge in [0.1, 0.15) is 12.7 Å². The average molecular weight is 414 g/mol. The van der Waals surface area contributed by atoms with Crippen LogP contribution in [-0.2, 0) is 13.0 Å². The SMILES string of the molecule is NC1(CCc2ccccc2)CCC(CCn2ccc3cc(-n4cnnc4)ccc32)CC1. The zero-order chi connectivity index (χ0) is 21.1. The van der Waals surface area contributed by atoms with Crippen LogP contribution in [0.4, 0.5) is 0 Å². The van der Waals surface area contributed by atoms with Crippen molar-refractivity contribution >= 4 is 10.9 Å². The molecule has 0 unspecified atom stereocenters. The minimum absolute atomic E-state index is 0.0189. The number of fused-ring (bicyclic) bond motifs is 1. The molecule has 4 aromatic rings. The molecule has 5 rings (SSSR count). The summed E-state index contributed by atoms with van der Waals surface area (Å²) in [6, 6.07) is 19.5. The normalized spacial score (nSPS) is 21.5. The zero-order valence-corrected chi connectivity index (χ0v) is 18.0. The molecule has 0 saturated heterocycles. The third-order valence-electron chi connectivity index (χ3n) is 7.11. The summed E-state index contributed by atoms with van der Waals surface area (Å²) in [6.45, 7) is 1.07. The fraction of sp³-hybridized carbons (Fsp3) is 0.385. The maximum Gasteiger partial charge on any atom is 0.123 e. The molecule has 1 fully saturated rings. The summed E-state index contributed by atoms with van der Waals surface area (Å²) in [6.07, 6.45) is 13.9. The van der Waals surface area contributed by atoms with E-state index in [4.69, 9.17) is 5.73 Å². The Balaban J connectivity index is 1.15. The second kappa shape index (κ2) is 8.67. The first kappa shape index (κ1) is 20.0. The number of nitrogens with two attached hydrogens (primary N) is 1. The van der Waals surface area contributed by atoms with Crippen molar-refractivity contribution in [2.45, 2.75) is 57.0 Å². The number of nitrogens with zero attached hydrogens (tertiary/aromatic N) is 4. The van der Waals surface area contributed by atoms with Crippen molar-refractivity contribution in [3.05, 3.63) is 79.0 Å². The molecule has 2 aromatic carbocycles. The summed E-state index contributed by atoms with van der Waals surface area (Å²) < 4.78 is 4.33. The van der Waals surface area contributed by atoms with Gasteiger partial charge in [-0.2, -0.15) is 0 Å². The topological polar surface area (TPSA) is 61.7 Å². The van der Waals surface area contributed by atoms with Gasteiger partial charge in [-0.1, -0.05) is 30.3 Å². The number of aromatic nitrogens is 4. The zero-order valence-electron chi connectivity index (χ0n) is 18.0. The smallest absolute Gasteiger partial charge is 0.123 e. The van der Waals surface area contributed by atoms with E-state index in [0.29, 0.717) is 0 Å². The van der Waals surface area contributed by atoms with Gasteiger partial charge in [0, 0.05) is 34.9 Å². The second-order valence-electron chi connectivity index (χ2n) is 9.20. The van der Waals surface area contributed by atoms with Gasteiger partial charge in [-0.05, 0) is 80.7 Å². The van der Waals surface area contributed by atoms with Crippen LogP contribution < -0.4 is 5.73 Å². The van der Waals surface area contributed by atoms with Gasteiger partial charge in [0.05, 0.1) is 0 Å². The van der Waals surface area contributed by atoms with Gasteiger partial charge in [0.15, 0.2) is 0 Å². The maximum atomic E-state index is 6.77. The van der Waals surface area contributed by atoms with Crippen LogP contribution >= 0.6 is 0 Å². The van der Waals surface area contributed by atoms with E-state index in [0.717, 1.165) is 43.8 Å². The first-order valence-electron chi connectivity index (χ1n) is 11.5. The van der Waals surface area contributed by atoms with E-state index in [2.05, 4.69) is 75.6 Å². The van der Waals surface area contributed by atoms with Crippen LogP contribution in [0.1, 0.15) is 44.1 Å². The number of aryl methyl sites for hydroxylation is 2. The van der Waals surface area contributed by atoms with Gasteiger partial charge in [-0.15, -0.1) is 10.2 Å². The lowest BCUT2D eigenvalue weighted by molar-refractivity contribution is 0.210. The summed E-state index contributed by atoms with van der Waals surface area (Å²) in [5.41, 5.74) is 10.6. The Kier molecular flexibility index (Phi) is 5.60. The van der Waals surface area contributed by atoms with E-state index in [9.17, 15) is 0 Å². The highest BCUT2D eigenvalue weighted by Gasteiger charge is 2.31. The highest BCUT2D eigenvalue weighted by molar-refractivity contribution is 5.82. The number of rotatable bonds is 7. The van der Waals surface area contributed by atoms with Crippen molar-refractivity contribution in [2.75, 3.05) is 0 Å². The Hall–Kier alpha value is -2.92. The lowest BCUT2D eigenvalue weighted by Crippen LogP contribution is -2.43. The van der Waals surface area contributed by atoms with Crippen molar-refractivity contribution in [1.29, 1.82) is 0 Å². The van der Waals surface area contributed by atoms with Gasteiger partial charge >= 0.3 is 0 Å². The molecule has 2 N–H and O–H groups in total. The largest absolute Gasteiger partial charge is 0.347 e. The van der Waals surface area contributed by atoms with Crippen molar-refractivity contribution in [3.63, 3.8) is 0 Å². The van der Waals surface area contributed by atoms with Gasteiger partial charge in [0.2, 0.25) is 0 Å². The van der Waals surface area contributed by atoms with Crippen molar-refractivity contribution in [2.24, 2.45) is 11.7 Å². The summed E-state index contributed by atoms with van der Waals surface area (Å²) >= 11 is 0. The third kappa shape index (κ3) is 4.57. The molecule has 5 nitrogen and oxygen atoms in total. The van der Waals surface area contributed by atoms with E-state index in [-0.39, 0.29) is 5.54 Å². The van der Waals surface area contributed by atoms with Crippen LogP contribution in [0.2, 0.25) is 0 Å². The highest BCUT2D eigenvalue weighted by atomic mass is 15.2. The number of hydrogen-bond acceptors (Lipinski definition) is 3. The van der Waals surface area contributed by atoms with Crippen LogP contribution in [0.5, 0.6) is 0 Å². The van der Waals surface area contributed by atoms with Gasteiger partial charge in [-0.3, -0.25) is 4.57 Å². The molecule has 0 bridgehead atoms. The fourth-order valence-electron chi connectivity index (χ4n) is 5.03. The van der Waals surface area contributed by atoms with Crippen molar-refractivity contribution in [1.82, 2.24) is 19.3 Å². The summed E-state index contributed by atoms with van der Waals surface area (Å²) in [5, 5.41) is 9.06. The molecule has 2 aromatic heterocycles. The molecule has 1 aliphatic rings. The summed E-state index contributed by atoms with van der Waals surface area (Å²) in [7, 11) is 0. The van der Waals surface area contributed by atoms with Crippen LogP contribution in [0.3, 0.4) is 0 Å². The van der Waals surface area contributed by atoms with Crippen LogP contribution in [0.15, 0.2) is 73.4 Å². The van der Waals surface area contributed by atoms with Gasteiger partial charge in [-0.25, -0.2) is 0 Å². The van der Waals surface area contributed by atoms with Crippen LogP contribution in [-0.4, -0.2) is 24.9 Å². The van der Waals surface area contributed by atoms with Crippen LogP contribution in [0, 0.1) is 5.92 Å². The second-order valence-corrected chi connectivity index (χ2v) is 9.20. The molecule has 31 heavy (non-hydrogen) atoms. The van der Waals surface area contributed by atoms with E-state index in [1.807, 2.05) is 4.57 Å². The molecule has 0 radical (unpaired) electrons. The molecule has 0 atom stereocenters. The first-order valence-corrected chi connectivity index (χ1v) is 11.5. The van der Waals surface area contributed by atoms with Crippen molar-refractivity contribution < 1.29 is 0 Å². The Morgan fingerprint density at radius 3 is 2.52 bits per heavy atom. The quantitative estimate of drug-likeness (QED) is 0.457. The average Bonchev–Trinajstić information content (AvgIpc) is 3.48. The Morgan fingerprint density at radius 2 is 1.74 bits per heavy atom. The van der Waals surface area contributed by atoms with Gasteiger partial charge < -0.3 is 10.3 Å². The van der Waals surface area contributed by atoms with Crippen LogP contribution in [0.25, 0.3) is 16.6 Å². The minimum atomic E-state index is 0.0189. The molecule has 160 valence electrons. The molecule has 0 spiro atoms. The lowest BCUT2D eigenvalue weighted by Gasteiger charge is -2.37. The monoisotopic (exact) mass is 413 g/mol. The molecule has 1 saturated carbocycles. The fourth-order valence-corrected chi connectivity index (χ4v) is 5.03. The predicted octanol–water partition coefficient (Wildman–Crippen LogP) is 5.13. The Morgan fingerprint density at radius 1 is 0.968 bits per heavy atom. The third-order valence-corrected chi connectivity index (χ3v) is 7.11. The number of hydrogen-bond donors (Lipinski definition) is 1. The number of benzene rings is 2. The van der Waals surface area contributed by atoms with E-state index >= 15 is 0 Å². The molecule has 2 heterocycles. The first-order chi connectivity index (χ1) is 15.2. The molecule has 5 heteroatoms. The molecular formula is C26H31N5. The Labute approximate surface area is 183 Å². The standard InChI is InChI=1S/C26H31N5/c27-26(13-8-21-4-2-1-3-5-21)14-9-22(10-15-26)11-16-30-17-12-23-18-24(6-7-25(23)30)31-19-28-29-20-31/h1-7,12,17-20,22H,8-11,13-16,27H2. The maximum absolute atomic E-state index is 6.77. The van der Waals surface area contributed by atoms with E-state index < -0.39 is 0 Å². The van der Waals surface area contributed by atoms with Crippen molar-refractivity contribution in [3.8, 4) is 5.69 Å². The molecule has 0 amide bonds. The van der Waals surface area contributed by atoms with E-state index in [1.165, 1.54) is 35.7 Å². The molecule has 1 aliphatic carbocycles. The lowest BCUT2D eigenvalue weighted by atomic mass is 9.73.